The Hall–Kier alpha value is -2.39. The lowest BCUT2D eigenvalue weighted by molar-refractivity contribution is 0.102. The van der Waals surface area contributed by atoms with Crippen molar-refractivity contribution in [1.29, 1.82) is 0 Å². The first kappa shape index (κ1) is 16.5. The van der Waals surface area contributed by atoms with Gasteiger partial charge in [-0.2, -0.15) is 0 Å². The molecule has 0 atom stereocenters. The van der Waals surface area contributed by atoms with Crippen molar-refractivity contribution in [3.8, 4) is 0 Å². The molecule has 122 valence electrons. The molecule has 1 heterocycles. The predicted molar refractivity (Wildman–Crippen MR) is 100 cm³/mol. The highest BCUT2D eigenvalue weighted by molar-refractivity contribution is 6.32. The first-order valence-corrected chi connectivity index (χ1v) is 8.19. The van der Waals surface area contributed by atoms with Crippen LogP contribution in [0.3, 0.4) is 0 Å². The van der Waals surface area contributed by atoms with Crippen molar-refractivity contribution in [2.45, 2.75) is 27.7 Å². The van der Waals surface area contributed by atoms with Gasteiger partial charge in [0.2, 0.25) is 0 Å². The highest BCUT2D eigenvalue weighted by Crippen LogP contribution is 2.27. The van der Waals surface area contributed by atoms with Crippen LogP contribution in [0.2, 0.25) is 5.02 Å². The van der Waals surface area contributed by atoms with E-state index >= 15 is 0 Å². The Kier molecular flexibility index (Phi) is 4.29. The molecular formula is C20H19ClN2O. The van der Waals surface area contributed by atoms with Crippen molar-refractivity contribution in [3.63, 3.8) is 0 Å². The molecule has 0 saturated carbocycles. The summed E-state index contributed by atoms with van der Waals surface area (Å²) in [6.45, 7) is 7.83. The van der Waals surface area contributed by atoms with E-state index in [-0.39, 0.29) is 5.91 Å². The molecule has 0 unspecified atom stereocenters. The van der Waals surface area contributed by atoms with Gasteiger partial charge in [-0.05, 0) is 68.7 Å². The average Bonchev–Trinajstić information content (AvgIpc) is 2.49. The summed E-state index contributed by atoms with van der Waals surface area (Å²) >= 11 is 6.20. The summed E-state index contributed by atoms with van der Waals surface area (Å²) in [6, 6.07) is 11.5. The van der Waals surface area contributed by atoms with Crippen molar-refractivity contribution >= 4 is 34.1 Å². The van der Waals surface area contributed by atoms with Gasteiger partial charge in [-0.3, -0.25) is 9.78 Å². The summed E-state index contributed by atoms with van der Waals surface area (Å²) in [4.78, 5) is 17.4. The Morgan fingerprint density at radius 3 is 2.33 bits per heavy atom. The monoisotopic (exact) mass is 338 g/mol. The molecule has 3 aromatic rings. The van der Waals surface area contributed by atoms with Gasteiger partial charge in [-0.15, -0.1) is 0 Å². The van der Waals surface area contributed by atoms with Crippen molar-refractivity contribution < 1.29 is 4.79 Å². The highest BCUT2D eigenvalue weighted by atomic mass is 35.5. The van der Waals surface area contributed by atoms with Gasteiger partial charge in [-0.25, -0.2) is 0 Å². The van der Waals surface area contributed by atoms with E-state index in [9.17, 15) is 4.79 Å². The zero-order valence-electron chi connectivity index (χ0n) is 14.2. The van der Waals surface area contributed by atoms with Crippen LogP contribution in [0.15, 0.2) is 36.4 Å². The van der Waals surface area contributed by atoms with E-state index in [0.29, 0.717) is 10.6 Å². The molecule has 1 amide bonds. The molecule has 0 aliphatic rings. The van der Waals surface area contributed by atoms with E-state index in [1.54, 1.807) is 0 Å². The SMILES string of the molecule is Cc1cc(C)cc(NC(=O)c2cc(C)nc3c(C)c(Cl)ccc23)c1. The maximum atomic E-state index is 12.8. The molecule has 0 radical (unpaired) electrons. The fraction of sp³-hybridized carbons (Fsp3) is 0.200. The van der Waals surface area contributed by atoms with Gasteiger partial charge in [0.1, 0.15) is 0 Å². The summed E-state index contributed by atoms with van der Waals surface area (Å²) in [5.41, 5.74) is 6.08. The third-order valence-electron chi connectivity index (χ3n) is 4.02. The third-order valence-corrected chi connectivity index (χ3v) is 4.43. The predicted octanol–water partition coefficient (Wildman–Crippen LogP) is 5.37. The lowest BCUT2D eigenvalue weighted by atomic mass is 10.0. The van der Waals surface area contributed by atoms with Crippen LogP contribution >= 0.6 is 11.6 Å². The summed E-state index contributed by atoms with van der Waals surface area (Å²) in [6.07, 6.45) is 0. The van der Waals surface area contributed by atoms with Crippen LogP contribution in [0.5, 0.6) is 0 Å². The maximum absolute atomic E-state index is 12.8. The molecule has 1 aromatic heterocycles. The zero-order valence-corrected chi connectivity index (χ0v) is 15.0. The molecule has 0 aliphatic heterocycles. The number of carbonyl (C=O) groups excluding carboxylic acids is 1. The first-order chi connectivity index (χ1) is 11.3. The molecule has 0 fully saturated rings. The second-order valence-electron chi connectivity index (χ2n) is 6.21. The summed E-state index contributed by atoms with van der Waals surface area (Å²) < 4.78 is 0. The first-order valence-electron chi connectivity index (χ1n) is 7.81. The standard InChI is InChI=1S/C20H19ClN2O/c1-11-7-12(2)9-15(8-11)23-20(24)17-10-13(3)22-19-14(4)18(21)6-5-16(17)19/h5-10H,1-4H3,(H,23,24). The molecule has 4 heteroatoms. The smallest absolute Gasteiger partial charge is 0.256 e. The molecule has 3 rings (SSSR count). The molecule has 0 bridgehead atoms. The number of halogens is 1. The number of anilines is 1. The normalized spacial score (nSPS) is 10.9. The second-order valence-corrected chi connectivity index (χ2v) is 6.62. The third kappa shape index (κ3) is 3.13. The molecule has 0 spiro atoms. The number of amides is 1. The minimum atomic E-state index is -0.141. The quantitative estimate of drug-likeness (QED) is 0.682. The van der Waals surface area contributed by atoms with Gasteiger partial charge in [0.25, 0.3) is 5.91 Å². The van der Waals surface area contributed by atoms with Crippen molar-refractivity contribution in [3.05, 3.63) is 69.4 Å². The van der Waals surface area contributed by atoms with Gasteiger partial charge in [0.05, 0.1) is 11.1 Å². The molecule has 1 N–H and O–H groups in total. The number of benzene rings is 2. The number of aromatic nitrogens is 1. The van der Waals surface area contributed by atoms with Crippen LogP contribution in [0, 0.1) is 27.7 Å². The van der Waals surface area contributed by atoms with Gasteiger partial charge in [0, 0.05) is 21.8 Å². The van der Waals surface area contributed by atoms with Crippen LogP contribution < -0.4 is 5.32 Å². The summed E-state index contributed by atoms with van der Waals surface area (Å²) in [7, 11) is 0. The molecule has 24 heavy (non-hydrogen) atoms. The Bertz CT molecular complexity index is 943. The number of fused-ring (bicyclic) bond motifs is 1. The fourth-order valence-corrected chi connectivity index (χ4v) is 3.12. The van der Waals surface area contributed by atoms with E-state index in [4.69, 9.17) is 11.6 Å². The van der Waals surface area contributed by atoms with Crippen molar-refractivity contribution in [1.82, 2.24) is 4.98 Å². The second kappa shape index (κ2) is 6.25. The van der Waals surface area contributed by atoms with E-state index in [1.807, 2.05) is 58.0 Å². The van der Waals surface area contributed by atoms with Crippen LogP contribution in [-0.2, 0) is 0 Å². The fourth-order valence-electron chi connectivity index (χ4n) is 2.97. The lowest BCUT2D eigenvalue weighted by Crippen LogP contribution is -2.13. The van der Waals surface area contributed by atoms with E-state index in [1.165, 1.54) is 0 Å². The average molecular weight is 339 g/mol. The molecule has 3 nitrogen and oxygen atoms in total. The minimum Gasteiger partial charge on any atom is -0.322 e. The lowest BCUT2D eigenvalue weighted by Gasteiger charge is -2.12. The Morgan fingerprint density at radius 1 is 1.00 bits per heavy atom. The van der Waals surface area contributed by atoms with Crippen LogP contribution in [0.1, 0.15) is 32.7 Å². The van der Waals surface area contributed by atoms with E-state index in [2.05, 4.69) is 16.4 Å². The number of carbonyl (C=O) groups is 1. The molecular weight excluding hydrogens is 320 g/mol. The number of rotatable bonds is 2. The topological polar surface area (TPSA) is 42.0 Å². The van der Waals surface area contributed by atoms with Gasteiger partial charge >= 0.3 is 0 Å². The van der Waals surface area contributed by atoms with Crippen LogP contribution in [0.25, 0.3) is 10.9 Å². The number of hydrogen-bond acceptors (Lipinski definition) is 2. The Labute approximate surface area is 146 Å². The number of aryl methyl sites for hydroxylation is 4. The zero-order chi connectivity index (χ0) is 17.4. The number of pyridine rings is 1. The number of nitrogens with one attached hydrogen (secondary N) is 1. The van der Waals surface area contributed by atoms with Crippen LogP contribution in [-0.4, -0.2) is 10.9 Å². The highest BCUT2D eigenvalue weighted by Gasteiger charge is 2.15. The number of hydrogen-bond donors (Lipinski definition) is 1. The van der Waals surface area contributed by atoms with E-state index in [0.717, 1.165) is 39.0 Å². The largest absolute Gasteiger partial charge is 0.322 e. The van der Waals surface area contributed by atoms with Gasteiger partial charge in [-0.1, -0.05) is 23.7 Å². The summed E-state index contributed by atoms with van der Waals surface area (Å²) in [5, 5.41) is 4.46. The Balaban J connectivity index is 2.08. The van der Waals surface area contributed by atoms with E-state index < -0.39 is 0 Å². The van der Waals surface area contributed by atoms with Gasteiger partial charge in [0.15, 0.2) is 0 Å². The molecule has 2 aromatic carbocycles. The van der Waals surface area contributed by atoms with Crippen molar-refractivity contribution in [2.24, 2.45) is 0 Å². The van der Waals surface area contributed by atoms with Gasteiger partial charge < -0.3 is 5.32 Å². The summed E-state index contributed by atoms with van der Waals surface area (Å²) in [5.74, 6) is -0.141. The molecule has 0 saturated heterocycles. The van der Waals surface area contributed by atoms with Crippen molar-refractivity contribution in [2.75, 3.05) is 5.32 Å². The minimum absolute atomic E-state index is 0.141. The van der Waals surface area contributed by atoms with Crippen LogP contribution in [0.4, 0.5) is 5.69 Å². The number of nitrogens with zero attached hydrogens (tertiary/aromatic N) is 1. The maximum Gasteiger partial charge on any atom is 0.256 e. The Morgan fingerprint density at radius 2 is 1.67 bits per heavy atom. The molecule has 0 aliphatic carbocycles.